The highest BCUT2D eigenvalue weighted by Crippen LogP contribution is 2.27. The second kappa shape index (κ2) is 4.36. The van der Waals surface area contributed by atoms with Crippen LogP contribution in [0.25, 0.3) is 0 Å². The molecule has 2 nitrogen and oxygen atoms in total. The first-order valence-corrected chi connectivity index (χ1v) is 6.07. The highest BCUT2D eigenvalue weighted by molar-refractivity contribution is 8.83. The Morgan fingerprint density at radius 1 is 1.40 bits per heavy atom. The van der Waals surface area contributed by atoms with Crippen molar-refractivity contribution in [3.05, 3.63) is 0 Å². The van der Waals surface area contributed by atoms with Crippen LogP contribution in [0.5, 0.6) is 0 Å². The smallest absolute Gasteiger partial charge is 0.276 e. The maximum atomic E-state index is 9.20. The van der Waals surface area contributed by atoms with E-state index in [-0.39, 0.29) is 0 Å². The number of hydrogen-bond donors (Lipinski definition) is 1. The Morgan fingerprint density at radius 2 is 2.00 bits per heavy atom. The van der Waals surface area contributed by atoms with Gasteiger partial charge in [0.05, 0.1) is 14.2 Å². The first-order chi connectivity index (χ1) is 4.84. The molecule has 0 aromatic heterocycles. The molecule has 0 amide bonds. The number of hydrogen-bond acceptors (Lipinski definition) is 3. The van der Waals surface area contributed by atoms with E-state index < -0.39 is 0 Å². The molecule has 1 N–H and O–H groups in total. The summed E-state index contributed by atoms with van der Waals surface area (Å²) in [5.41, 5.74) is 1.10. The average Bonchev–Trinajstić information content (AvgIpc) is 2.38. The van der Waals surface area contributed by atoms with Crippen LogP contribution in [0.2, 0.25) is 0 Å². The summed E-state index contributed by atoms with van der Waals surface area (Å²) in [5.74, 6) is 0. The maximum Gasteiger partial charge on any atom is 0.303 e. The van der Waals surface area contributed by atoms with Crippen LogP contribution >= 0.6 is 31.7 Å². The maximum absolute atomic E-state index is 9.20. The molecule has 0 radical (unpaired) electrons. The van der Waals surface area contributed by atoms with Gasteiger partial charge < -0.3 is 0 Å². The molecule has 0 unspecified atom stereocenters. The lowest BCUT2D eigenvalue weighted by molar-refractivity contribution is -0.644. The molecule has 0 heterocycles. The van der Waals surface area contributed by atoms with Crippen molar-refractivity contribution in [3.63, 3.8) is 0 Å². The zero-order chi connectivity index (χ0) is 7.40. The minimum absolute atomic E-state index is 1.01. The molecule has 58 valence electrons. The molecule has 0 aliphatic heterocycles. The summed E-state index contributed by atoms with van der Waals surface area (Å²) in [4.78, 5) is 0. The van der Waals surface area contributed by atoms with E-state index in [1.54, 1.807) is 0 Å². The topological polar surface area (TPSA) is 23.2 Å². The molecule has 1 fully saturated rings. The fraction of sp³-hybridized carbons (Fsp3) is 0.800. The molecule has 0 bridgehead atoms. The normalized spacial score (nSPS) is 17.9. The highest BCUT2D eigenvalue weighted by Gasteiger charge is 2.21. The van der Waals surface area contributed by atoms with Gasteiger partial charge in [0.15, 0.2) is 0 Å². The molecular weight excluding hydrogens is 190 g/mol. The lowest BCUT2D eigenvalue weighted by atomic mass is 10.3. The Labute approximate surface area is 72.6 Å². The van der Waals surface area contributed by atoms with Gasteiger partial charge in [0.1, 0.15) is 0 Å². The van der Waals surface area contributed by atoms with Gasteiger partial charge in [-0.05, 0) is 23.5 Å². The van der Waals surface area contributed by atoms with Gasteiger partial charge in [0.25, 0.3) is 0 Å². The van der Waals surface area contributed by atoms with Crippen molar-refractivity contribution in [1.82, 2.24) is 0 Å². The van der Waals surface area contributed by atoms with Crippen molar-refractivity contribution in [2.24, 2.45) is 0 Å². The molecule has 0 spiro atoms. The second-order valence-electron chi connectivity index (χ2n) is 2.18. The number of nitrogens with zero attached hydrogens (tertiary/aromatic N) is 1. The highest BCUT2D eigenvalue weighted by atomic mass is 35.7. The first kappa shape index (κ1) is 8.56. The summed E-state index contributed by atoms with van der Waals surface area (Å²) in [6.07, 6.45) is 4.42. The van der Waals surface area contributed by atoms with E-state index in [1.807, 2.05) is 0 Å². The van der Waals surface area contributed by atoms with E-state index in [2.05, 4.69) is 0 Å². The summed E-state index contributed by atoms with van der Waals surface area (Å²) in [7, 11) is 7.54. The molecule has 0 aromatic rings. The summed E-state index contributed by atoms with van der Waals surface area (Å²) < 4.78 is 1.19. The van der Waals surface area contributed by atoms with Crippen molar-refractivity contribution < 1.29 is 9.35 Å². The van der Waals surface area contributed by atoms with Crippen LogP contribution < -0.4 is 0 Å². The lowest BCUT2D eigenvalue weighted by Crippen LogP contribution is -2.05. The van der Waals surface area contributed by atoms with Gasteiger partial charge in [-0.25, -0.2) is 0 Å². The standard InChI is InChI=1S/C5H9ClNOS2/c6-9-10-7(8)5-3-1-2-4-5/h8H,1-4H2/q+1. The zero-order valence-corrected chi connectivity index (χ0v) is 7.81. The van der Waals surface area contributed by atoms with Gasteiger partial charge in [-0.15, -0.1) is 0 Å². The molecule has 0 atom stereocenters. The van der Waals surface area contributed by atoms with Crippen molar-refractivity contribution in [2.45, 2.75) is 25.7 Å². The Hall–Kier alpha value is 0.460. The predicted molar refractivity (Wildman–Crippen MR) is 46.6 cm³/mol. The summed E-state index contributed by atoms with van der Waals surface area (Å²) >= 11 is 0. The van der Waals surface area contributed by atoms with Gasteiger partial charge >= 0.3 is 11.0 Å². The zero-order valence-electron chi connectivity index (χ0n) is 5.42. The van der Waals surface area contributed by atoms with Crippen LogP contribution in [0.3, 0.4) is 0 Å². The van der Waals surface area contributed by atoms with Gasteiger partial charge in [-0.2, -0.15) is 0 Å². The van der Waals surface area contributed by atoms with Crippen molar-refractivity contribution >= 4 is 37.4 Å². The molecule has 10 heavy (non-hydrogen) atoms. The van der Waals surface area contributed by atoms with Gasteiger partial charge in [0, 0.05) is 12.8 Å². The van der Waals surface area contributed by atoms with Gasteiger partial charge in [0.2, 0.25) is 5.71 Å². The Morgan fingerprint density at radius 3 is 2.50 bits per heavy atom. The average molecular weight is 199 g/mol. The lowest BCUT2D eigenvalue weighted by Gasteiger charge is -1.87. The van der Waals surface area contributed by atoms with Crippen LogP contribution in [-0.2, 0) is 0 Å². The number of rotatable bonds is 2. The van der Waals surface area contributed by atoms with E-state index in [4.69, 9.17) is 10.7 Å². The van der Waals surface area contributed by atoms with E-state index >= 15 is 0 Å². The van der Waals surface area contributed by atoms with E-state index in [9.17, 15) is 5.21 Å². The molecule has 0 aromatic carbocycles. The third-order valence-corrected chi connectivity index (χ3v) is 3.11. The fourth-order valence-electron chi connectivity index (χ4n) is 1.05. The largest absolute Gasteiger partial charge is 0.303 e. The second-order valence-corrected chi connectivity index (χ2v) is 4.76. The number of halogens is 1. The van der Waals surface area contributed by atoms with Crippen molar-refractivity contribution in [3.8, 4) is 0 Å². The predicted octanol–water partition coefficient (Wildman–Crippen LogP) is 2.85. The minimum atomic E-state index is 1.01. The molecular formula is C5H9ClNOS2+. The Balaban J connectivity index is 2.46. The fourth-order valence-corrected chi connectivity index (χ4v) is 2.35. The van der Waals surface area contributed by atoms with Gasteiger partial charge in [-0.1, -0.05) is 0 Å². The first-order valence-electron chi connectivity index (χ1n) is 3.13. The monoisotopic (exact) mass is 198 g/mol. The Bertz CT molecular complexity index is 143. The summed E-state index contributed by atoms with van der Waals surface area (Å²) in [6, 6.07) is 0. The van der Waals surface area contributed by atoms with Crippen molar-refractivity contribution in [1.29, 1.82) is 0 Å². The van der Waals surface area contributed by atoms with Crippen LogP contribution in [0.4, 0.5) is 0 Å². The van der Waals surface area contributed by atoms with Crippen molar-refractivity contribution in [2.75, 3.05) is 0 Å². The minimum Gasteiger partial charge on any atom is -0.276 e. The van der Waals surface area contributed by atoms with E-state index in [0.717, 1.165) is 39.5 Å². The van der Waals surface area contributed by atoms with Gasteiger partial charge in [-0.3, -0.25) is 5.21 Å². The molecule has 1 rings (SSSR count). The van der Waals surface area contributed by atoms with Crippen LogP contribution in [0, 0.1) is 0 Å². The summed E-state index contributed by atoms with van der Waals surface area (Å²) in [6.45, 7) is 0. The van der Waals surface area contributed by atoms with Crippen LogP contribution in [0.1, 0.15) is 25.7 Å². The SMILES string of the molecule is O[N+](SSCl)=C1CCCC1. The quantitative estimate of drug-likeness (QED) is 0.243. The third kappa shape index (κ3) is 2.25. The Kier molecular flexibility index (Phi) is 3.73. The molecule has 5 heteroatoms. The van der Waals surface area contributed by atoms with E-state index in [0.29, 0.717) is 0 Å². The molecule has 1 saturated carbocycles. The third-order valence-electron chi connectivity index (χ3n) is 1.55. The van der Waals surface area contributed by atoms with Crippen LogP contribution in [-0.4, -0.2) is 15.1 Å². The summed E-state index contributed by atoms with van der Waals surface area (Å²) in [5, 5.41) is 9.20. The van der Waals surface area contributed by atoms with Crippen LogP contribution in [0.15, 0.2) is 0 Å². The van der Waals surface area contributed by atoms with E-state index in [1.165, 1.54) is 17.0 Å². The molecule has 0 saturated heterocycles. The molecule has 1 aliphatic carbocycles. The molecule has 1 aliphatic rings.